The second kappa shape index (κ2) is 6.40. The molecule has 130 valence electrons. The molecule has 0 aliphatic heterocycles. The van der Waals surface area contributed by atoms with Crippen LogP contribution in [0.3, 0.4) is 0 Å². The highest BCUT2D eigenvalue weighted by Gasteiger charge is 2.15. The number of H-pyrrole nitrogens is 1. The maximum Gasteiger partial charge on any atom is 0.156 e. The molecule has 0 saturated carbocycles. The molecule has 2 heterocycles. The van der Waals surface area contributed by atoms with Gasteiger partial charge in [-0.1, -0.05) is 30.3 Å². The van der Waals surface area contributed by atoms with E-state index in [0.29, 0.717) is 11.6 Å². The number of nitrogens with two attached hydrogens (primary N) is 1. The summed E-state index contributed by atoms with van der Waals surface area (Å²) in [5, 5.41) is 11.4. The Morgan fingerprint density at radius 3 is 2.58 bits per heavy atom. The van der Waals surface area contributed by atoms with Crippen molar-refractivity contribution in [1.29, 1.82) is 0 Å². The van der Waals surface area contributed by atoms with Gasteiger partial charge in [0.15, 0.2) is 11.6 Å². The van der Waals surface area contributed by atoms with E-state index < -0.39 is 0 Å². The van der Waals surface area contributed by atoms with E-state index in [-0.39, 0.29) is 0 Å². The molecule has 4 rings (SSSR count). The molecule has 0 spiro atoms. The molecule has 0 aliphatic rings. The van der Waals surface area contributed by atoms with Gasteiger partial charge in [0.1, 0.15) is 11.3 Å². The van der Waals surface area contributed by atoms with Crippen molar-refractivity contribution >= 4 is 28.2 Å². The summed E-state index contributed by atoms with van der Waals surface area (Å²) in [7, 11) is 1.65. The van der Waals surface area contributed by atoms with Gasteiger partial charge in [-0.2, -0.15) is 5.10 Å². The van der Waals surface area contributed by atoms with Crippen LogP contribution in [0.25, 0.3) is 22.0 Å². The van der Waals surface area contributed by atoms with E-state index in [0.717, 1.165) is 39.0 Å². The average molecular weight is 345 g/mol. The first-order valence-electron chi connectivity index (χ1n) is 8.27. The number of fused-ring (bicyclic) bond motifs is 1. The molecule has 6 heteroatoms. The Kier molecular flexibility index (Phi) is 3.93. The monoisotopic (exact) mass is 345 g/mol. The minimum Gasteiger partial charge on any atom is -0.497 e. The molecule has 0 amide bonds. The molecule has 6 nitrogen and oxygen atoms in total. The quantitative estimate of drug-likeness (QED) is 0.514. The van der Waals surface area contributed by atoms with Crippen LogP contribution in [-0.2, 0) is 0 Å². The molecule has 0 fully saturated rings. The Balaban J connectivity index is 1.82. The van der Waals surface area contributed by atoms with Crippen molar-refractivity contribution in [2.75, 3.05) is 18.2 Å². The van der Waals surface area contributed by atoms with Crippen molar-refractivity contribution in [3.8, 4) is 16.9 Å². The Labute approximate surface area is 151 Å². The summed E-state index contributed by atoms with van der Waals surface area (Å²) in [5.41, 5.74) is 11.0. The highest BCUT2D eigenvalue weighted by molar-refractivity contribution is 6.06. The van der Waals surface area contributed by atoms with Gasteiger partial charge in [0.05, 0.1) is 12.5 Å². The summed E-state index contributed by atoms with van der Waals surface area (Å²) in [6.07, 6.45) is 1.82. The van der Waals surface area contributed by atoms with E-state index in [9.17, 15) is 0 Å². The predicted molar refractivity (Wildman–Crippen MR) is 105 cm³/mol. The Morgan fingerprint density at radius 2 is 1.85 bits per heavy atom. The second-order valence-corrected chi connectivity index (χ2v) is 6.05. The fraction of sp³-hybridized carbons (Fsp3) is 0.100. The molecular formula is C20H19N5O. The number of nitrogen functional groups attached to an aromatic ring is 1. The summed E-state index contributed by atoms with van der Waals surface area (Å²) in [4.78, 5) is 4.61. The zero-order valence-electron chi connectivity index (χ0n) is 14.6. The number of hydrogen-bond acceptors (Lipinski definition) is 5. The lowest BCUT2D eigenvalue weighted by atomic mass is 10.0. The molecular weight excluding hydrogens is 326 g/mol. The van der Waals surface area contributed by atoms with Crippen molar-refractivity contribution in [1.82, 2.24) is 15.2 Å². The van der Waals surface area contributed by atoms with Crippen LogP contribution in [0.5, 0.6) is 5.75 Å². The number of nitrogens with one attached hydrogen (secondary N) is 2. The van der Waals surface area contributed by atoms with E-state index in [2.05, 4.69) is 20.5 Å². The summed E-state index contributed by atoms with van der Waals surface area (Å²) in [5.74, 6) is 1.94. The number of aryl methyl sites for hydroxylation is 1. The van der Waals surface area contributed by atoms with Crippen molar-refractivity contribution in [2.45, 2.75) is 6.92 Å². The topological polar surface area (TPSA) is 88.8 Å². The first-order chi connectivity index (χ1) is 12.7. The summed E-state index contributed by atoms with van der Waals surface area (Å²) in [6.45, 7) is 2.05. The molecule has 4 aromatic rings. The Bertz CT molecular complexity index is 1070. The summed E-state index contributed by atoms with van der Waals surface area (Å²) < 4.78 is 5.23. The van der Waals surface area contributed by atoms with Crippen LogP contribution in [-0.4, -0.2) is 22.3 Å². The number of aromatic amines is 1. The molecule has 0 saturated heterocycles. The van der Waals surface area contributed by atoms with E-state index in [1.54, 1.807) is 7.11 Å². The van der Waals surface area contributed by atoms with Crippen LogP contribution >= 0.6 is 0 Å². The average Bonchev–Trinajstić information content (AvgIpc) is 3.06. The molecule has 2 aromatic carbocycles. The lowest BCUT2D eigenvalue weighted by Crippen LogP contribution is -1.98. The number of methoxy groups -OCH3 is 1. The molecule has 4 N–H and O–H groups in total. The van der Waals surface area contributed by atoms with Crippen LogP contribution in [0.15, 0.2) is 54.7 Å². The van der Waals surface area contributed by atoms with Crippen LogP contribution in [0.1, 0.15) is 5.56 Å². The zero-order valence-corrected chi connectivity index (χ0v) is 14.6. The van der Waals surface area contributed by atoms with Gasteiger partial charge in [0.25, 0.3) is 0 Å². The molecule has 0 unspecified atom stereocenters. The second-order valence-electron chi connectivity index (χ2n) is 6.05. The number of para-hydroxylation sites is 1. The summed E-state index contributed by atoms with van der Waals surface area (Å²) in [6, 6.07) is 15.8. The van der Waals surface area contributed by atoms with Crippen LogP contribution in [0.4, 0.5) is 17.3 Å². The third-order valence-corrected chi connectivity index (χ3v) is 4.42. The van der Waals surface area contributed by atoms with Gasteiger partial charge in [0, 0.05) is 17.4 Å². The smallest absolute Gasteiger partial charge is 0.156 e. The van der Waals surface area contributed by atoms with Gasteiger partial charge < -0.3 is 15.8 Å². The number of anilines is 3. The highest BCUT2D eigenvalue weighted by Crippen LogP contribution is 2.35. The lowest BCUT2D eigenvalue weighted by Gasteiger charge is -2.11. The van der Waals surface area contributed by atoms with Gasteiger partial charge in [-0.25, -0.2) is 4.98 Å². The minimum absolute atomic E-state index is 0.445. The van der Waals surface area contributed by atoms with Gasteiger partial charge in [-0.15, -0.1) is 0 Å². The van der Waals surface area contributed by atoms with Crippen molar-refractivity contribution in [3.63, 3.8) is 0 Å². The van der Waals surface area contributed by atoms with Crippen LogP contribution < -0.4 is 15.8 Å². The first kappa shape index (κ1) is 16.0. The van der Waals surface area contributed by atoms with Crippen molar-refractivity contribution in [2.24, 2.45) is 0 Å². The maximum atomic E-state index is 6.14. The molecule has 0 bridgehead atoms. The third kappa shape index (κ3) is 2.71. The van der Waals surface area contributed by atoms with Gasteiger partial charge in [-0.05, 0) is 36.2 Å². The van der Waals surface area contributed by atoms with E-state index >= 15 is 0 Å². The van der Waals surface area contributed by atoms with Gasteiger partial charge in [0.2, 0.25) is 0 Å². The molecule has 26 heavy (non-hydrogen) atoms. The SMILES string of the molecule is COc1ccc(-c2cnc(Nc3ccccc3C)c3[nH]nc(N)c23)cc1. The fourth-order valence-electron chi connectivity index (χ4n) is 2.98. The number of ether oxygens (including phenoxy) is 1. The number of pyridine rings is 1. The number of benzene rings is 2. The predicted octanol–water partition coefficient (Wildman–Crippen LogP) is 4.27. The zero-order chi connectivity index (χ0) is 18.1. The van der Waals surface area contributed by atoms with Crippen molar-refractivity contribution in [3.05, 3.63) is 60.3 Å². The van der Waals surface area contributed by atoms with Gasteiger partial charge >= 0.3 is 0 Å². The van der Waals surface area contributed by atoms with Crippen molar-refractivity contribution < 1.29 is 4.74 Å². The highest BCUT2D eigenvalue weighted by atomic mass is 16.5. The van der Waals surface area contributed by atoms with E-state index in [4.69, 9.17) is 10.5 Å². The third-order valence-electron chi connectivity index (χ3n) is 4.42. The van der Waals surface area contributed by atoms with Crippen LogP contribution in [0.2, 0.25) is 0 Å². The number of rotatable bonds is 4. The van der Waals surface area contributed by atoms with E-state index in [1.165, 1.54) is 0 Å². The molecule has 0 aliphatic carbocycles. The van der Waals surface area contributed by atoms with Gasteiger partial charge in [-0.3, -0.25) is 5.10 Å². The Morgan fingerprint density at radius 1 is 1.08 bits per heavy atom. The first-order valence-corrected chi connectivity index (χ1v) is 8.27. The number of hydrogen-bond donors (Lipinski definition) is 3. The molecule has 0 atom stereocenters. The Hall–Kier alpha value is -3.54. The summed E-state index contributed by atoms with van der Waals surface area (Å²) >= 11 is 0. The van der Waals surface area contributed by atoms with E-state index in [1.807, 2.05) is 61.7 Å². The fourth-order valence-corrected chi connectivity index (χ4v) is 2.98. The normalized spacial score (nSPS) is 10.8. The number of aromatic nitrogens is 3. The van der Waals surface area contributed by atoms with Crippen LogP contribution in [0, 0.1) is 6.92 Å². The largest absolute Gasteiger partial charge is 0.497 e. The lowest BCUT2D eigenvalue weighted by molar-refractivity contribution is 0.415. The maximum absolute atomic E-state index is 6.14. The standard InChI is InChI=1S/C20H19N5O/c1-12-5-3-4-6-16(12)23-20-18-17(19(21)25-24-18)15(11-22-20)13-7-9-14(26-2)10-8-13/h3-11H,1-2H3,(H,22,23)(H3,21,24,25). The minimum atomic E-state index is 0.445. The molecule has 2 aromatic heterocycles. The number of nitrogens with zero attached hydrogens (tertiary/aromatic N) is 2. The molecule has 0 radical (unpaired) electrons.